The van der Waals surface area contributed by atoms with Crippen molar-refractivity contribution in [3.05, 3.63) is 58.6 Å². The zero-order chi connectivity index (χ0) is 17.5. The van der Waals surface area contributed by atoms with E-state index in [1.807, 2.05) is 30.3 Å². The molecule has 1 aliphatic rings. The standard InChI is InChI=1S/C18H18ClO4P/c1-4-22-24(21)18(2,3)16-9-8-13(11-15(16)17(20)23-24)12-6-5-7-14(19)10-12/h5-11H,4H2,1-3H3. The third-order valence-electron chi connectivity index (χ3n) is 4.24. The number of carbonyl (C=O) groups excluding carboxylic acids is 1. The van der Waals surface area contributed by atoms with Crippen molar-refractivity contribution >= 4 is 25.2 Å². The molecule has 126 valence electrons. The zero-order valence-corrected chi connectivity index (χ0v) is 15.4. The second-order valence-electron chi connectivity index (χ2n) is 6.12. The molecule has 1 unspecified atom stereocenters. The molecule has 0 aliphatic carbocycles. The molecule has 0 saturated carbocycles. The third kappa shape index (κ3) is 2.69. The van der Waals surface area contributed by atoms with Crippen LogP contribution in [-0.2, 0) is 18.8 Å². The number of benzene rings is 2. The van der Waals surface area contributed by atoms with Gasteiger partial charge in [0.15, 0.2) is 0 Å². The van der Waals surface area contributed by atoms with Gasteiger partial charge in [-0.3, -0.25) is 4.52 Å². The maximum absolute atomic E-state index is 13.0. The van der Waals surface area contributed by atoms with E-state index in [0.717, 1.165) is 11.1 Å². The molecule has 0 aromatic heterocycles. The van der Waals surface area contributed by atoms with E-state index in [0.29, 0.717) is 16.1 Å². The molecule has 0 saturated heterocycles. The van der Waals surface area contributed by atoms with Crippen LogP contribution in [-0.4, -0.2) is 12.6 Å². The van der Waals surface area contributed by atoms with Crippen LogP contribution in [0.3, 0.4) is 0 Å². The monoisotopic (exact) mass is 364 g/mol. The lowest BCUT2D eigenvalue weighted by molar-refractivity contribution is 0.0665. The molecule has 6 heteroatoms. The van der Waals surface area contributed by atoms with E-state index < -0.39 is 18.7 Å². The molecule has 4 nitrogen and oxygen atoms in total. The summed E-state index contributed by atoms with van der Waals surface area (Å²) in [5.41, 5.74) is 2.82. The molecule has 1 heterocycles. The van der Waals surface area contributed by atoms with E-state index in [1.54, 1.807) is 32.9 Å². The van der Waals surface area contributed by atoms with Crippen molar-refractivity contribution < 1.29 is 18.4 Å². The van der Waals surface area contributed by atoms with Gasteiger partial charge in [-0.15, -0.1) is 0 Å². The van der Waals surface area contributed by atoms with Crippen molar-refractivity contribution in [2.45, 2.75) is 25.9 Å². The van der Waals surface area contributed by atoms with Crippen LogP contribution in [0, 0.1) is 0 Å². The molecule has 0 radical (unpaired) electrons. The maximum Gasteiger partial charge on any atom is 0.391 e. The van der Waals surface area contributed by atoms with Crippen LogP contribution >= 0.6 is 19.2 Å². The smallest absolute Gasteiger partial charge is 0.387 e. The van der Waals surface area contributed by atoms with E-state index in [2.05, 4.69) is 0 Å². The largest absolute Gasteiger partial charge is 0.391 e. The Balaban J connectivity index is 2.13. The van der Waals surface area contributed by atoms with E-state index in [4.69, 9.17) is 20.6 Å². The number of hydrogen-bond donors (Lipinski definition) is 0. The van der Waals surface area contributed by atoms with Crippen molar-refractivity contribution in [2.75, 3.05) is 6.61 Å². The van der Waals surface area contributed by atoms with Crippen LogP contribution in [0.4, 0.5) is 0 Å². The summed E-state index contributed by atoms with van der Waals surface area (Å²) in [6.07, 6.45) is 0. The first kappa shape index (κ1) is 17.2. The summed E-state index contributed by atoms with van der Waals surface area (Å²) in [5, 5.41) is -0.284. The zero-order valence-electron chi connectivity index (χ0n) is 13.7. The summed E-state index contributed by atoms with van der Waals surface area (Å²) in [6.45, 7) is 5.48. The Kier molecular flexibility index (Phi) is 4.33. The molecule has 0 bridgehead atoms. The Morgan fingerprint density at radius 3 is 2.54 bits per heavy atom. The fourth-order valence-corrected chi connectivity index (χ4v) is 4.81. The first-order valence-corrected chi connectivity index (χ1v) is 9.59. The fourth-order valence-electron chi connectivity index (χ4n) is 2.87. The van der Waals surface area contributed by atoms with Gasteiger partial charge in [0.2, 0.25) is 0 Å². The minimum absolute atomic E-state index is 0.212. The average Bonchev–Trinajstić information content (AvgIpc) is 2.53. The lowest BCUT2D eigenvalue weighted by Gasteiger charge is -2.37. The molecule has 0 spiro atoms. The van der Waals surface area contributed by atoms with Gasteiger partial charge in [0, 0.05) is 5.02 Å². The summed E-state index contributed by atoms with van der Waals surface area (Å²) in [7, 11) is -3.57. The Morgan fingerprint density at radius 2 is 1.88 bits per heavy atom. The van der Waals surface area contributed by atoms with Crippen molar-refractivity contribution in [1.82, 2.24) is 0 Å². The summed E-state index contributed by atoms with van der Waals surface area (Å²) in [6, 6.07) is 12.8. The van der Waals surface area contributed by atoms with Crippen LogP contribution in [0.25, 0.3) is 11.1 Å². The Labute approximate surface area is 146 Å². The number of halogens is 1. The normalized spacial score (nSPS) is 21.9. The first-order chi connectivity index (χ1) is 11.3. The first-order valence-electron chi connectivity index (χ1n) is 7.67. The van der Waals surface area contributed by atoms with Crippen molar-refractivity contribution in [2.24, 2.45) is 0 Å². The van der Waals surface area contributed by atoms with Crippen LogP contribution < -0.4 is 0 Å². The van der Waals surface area contributed by atoms with E-state index in [1.165, 1.54) is 0 Å². The predicted molar refractivity (Wildman–Crippen MR) is 94.6 cm³/mol. The summed E-state index contributed by atoms with van der Waals surface area (Å²) < 4.78 is 23.6. The van der Waals surface area contributed by atoms with Crippen LogP contribution in [0.1, 0.15) is 36.7 Å². The van der Waals surface area contributed by atoms with Gasteiger partial charge in [0.05, 0.1) is 12.2 Å². The van der Waals surface area contributed by atoms with Crippen molar-refractivity contribution in [1.29, 1.82) is 0 Å². The highest BCUT2D eigenvalue weighted by Gasteiger charge is 2.52. The number of rotatable bonds is 3. The topological polar surface area (TPSA) is 52.6 Å². The van der Waals surface area contributed by atoms with Gasteiger partial charge in [-0.05, 0) is 55.7 Å². The van der Waals surface area contributed by atoms with Gasteiger partial charge >= 0.3 is 13.6 Å². The quantitative estimate of drug-likeness (QED) is 0.661. The number of fused-ring (bicyclic) bond motifs is 1. The summed E-state index contributed by atoms with van der Waals surface area (Å²) >= 11 is 6.04. The highest BCUT2D eigenvalue weighted by molar-refractivity contribution is 7.55. The average molecular weight is 365 g/mol. The fraction of sp³-hybridized carbons (Fsp3) is 0.278. The molecule has 2 aromatic carbocycles. The van der Waals surface area contributed by atoms with Gasteiger partial charge in [0.25, 0.3) is 0 Å². The summed E-state index contributed by atoms with van der Waals surface area (Å²) in [5.74, 6) is -0.620. The highest BCUT2D eigenvalue weighted by atomic mass is 35.5. The molecule has 1 atom stereocenters. The molecular weight excluding hydrogens is 347 g/mol. The van der Waals surface area contributed by atoms with E-state index in [9.17, 15) is 9.36 Å². The lowest BCUT2D eigenvalue weighted by Crippen LogP contribution is -2.30. The van der Waals surface area contributed by atoms with Gasteiger partial charge < -0.3 is 4.52 Å². The van der Waals surface area contributed by atoms with Crippen molar-refractivity contribution in [3.8, 4) is 11.1 Å². The molecule has 0 N–H and O–H groups in total. The van der Waals surface area contributed by atoms with Crippen LogP contribution in [0.2, 0.25) is 5.02 Å². The van der Waals surface area contributed by atoms with Gasteiger partial charge in [-0.2, -0.15) is 0 Å². The Bertz CT molecular complexity index is 860. The minimum Gasteiger partial charge on any atom is -0.387 e. The molecular formula is C18H18ClO4P. The predicted octanol–water partition coefficient (Wildman–Crippen LogP) is 5.64. The van der Waals surface area contributed by atoms with E-state index >= 15 is 0 Å². The molecule has 24 heavy (non-hydrogen) atoms. The van der Waals surface area contributed by atoms with Crippen LogP contribution in [0.15, 0.2) is 42.5 Å². The van der Waals surface area contributed by atoms with Crippen LogP contribution in [0.5, 0.6) is 0 Å². The molecule has 1 aliphatic heterocycles. The van der Waals surface area contributed by atoms with Gasteiger partial charge in [-0.1, -0.05) is 35.9 Å². The third-order valence-corrected chi connectivity index (χ3v) is 7.09. The lowest BCUT2D eigenvalue weighted by atomic mass is 9.92. The molecule has 3 rings (SSSR count). The van der Waals surface area contributed by atoms with Gasteiger partial charge in [-0.25, -0.2) is 9.36 Å². The highest BCUT2D eigenvalue weighted by Crippen LogP contribution is 2.67. The maximum atomic E-state index is 13.0. The molecule has 2 aromatic rings. The second-order valence-corrected chi connectivity index (χ2v) is 9.11. The van der Waals surface area contributed by atoms with Crippen molar-refractivity contribution in [3.63, 3.8) is 0 Å². The second kappa shape index (κ2) is 6.03. The van der Waals surface area contributed by atoms with E-state index in [-0.39, 0.29) is 6.61 Å². The SMILES string of the molecule is CCOP1(=O)OC(=O)c2cc(-c3cccc(Cl)c3)ccc2C1(C)C. The van der Waals surface area contributed by atoms with Gasteiger partial charge in [0.1, 0.15) is 5.16 Å². The summed E-state index contributed by atoms with van der Waals surface area (Å²) in [4.78, 5) is 12.4. The molecule has 0 amide bonds. The number of carbonyl (C=O) groups is 1. The number of hydrogen-bond acceptors (Lipinski definition) is 4. The molecule has 0 fully saturated rings. The minimum atomic E-state index is -3.57. The Morgan fingerprint density at radius 1 is 1.17 bits per heavy atom. The Hall–Kier alpha value is -1.61.